The van der Waals surface area contributed by atoms with Gasteiger partial charge in [-0.2, -0.15) is 0 Å². The molecule has 1 amide bonds. The first kappa shape index (κ1) is 11.5. The van der Waals surface area contributed by atoms with Crippen LogP contribution in [0.3, 0.4) is 0 Å². The first-order chi connectivity index (χ1) is 7.15. The molecule has 0 radical (unpaired) electrons. The highest BCUT2D eigenvalue weighted by molar-refractivity contribution is 5.93. The number of nitrogen functional groups attached to an aromatic ring is 1. The summed E-state index contributed by atoms with van der Waals surface area (Å²) in [6, 6.07) is 5.04. The van der Waals surface area contributed by atoms with Crippen LogP contribution in [0.15, 0.2) is 18.2 Å². The molecule has 0 saturated carbocycles. The van der Waals surface area contributed by atoms with Crippen LogP contribution >= 0.6 is 0 Å². The van der Waals surface area contributed by atoms with Gasteiger partial charge in [0.05, 0.1) is 6.61 Å². The van der Waals surface area contributed by atoms with E-state index >= 15 is 0 Å². The van der Waals surface area contributed by atoms with Gasteiger partial charge in [0.15, 0.2) is 0 Å². The van der Waals surface area contributed by atoms with Crippen LogP contribution < -0.4 is 11.5 Å². The minimum Gasteiger partial charge on any atom is -0.399 e. The minimum atomic E-state index is -0.437. The van der Waals surface area contributed by atoms with Crippen molar-refractivity contribution in [1.82, 2.24) is 0 Å². The molecule has 0 atom stereocenters. The first-order valence-electron chi connectivity index (χ1n) is 4.91. The van der Waals surface area contributed by atoms with Gasteiger partial charge in [-0.25, -0.2) is 0 Å². The van der Waals surface area contributed by atoms with Gasteiger partial charge in [-0.1, -0.05) is 0 Å². The molecule has 0 aromatic heterocycles. The van der Waals surface area contributed by atoms with Gasteiger partial charge >= 0.3 is 0 Å². The average molecular weight is 208 g/mol. The summed E-state index contributed by atoms with van der Waals surface area (Å²) in [7, 11) is 0. The molecule has 0 aliphatic heterocycles. The number of nitrogens with two attached hydrogens (primary N) is 2. The molecule has 0 fully saturated rings. The molecular formula is C11H16N2O2. The van der Waals surface area contributed by atoms with Gasteiger partial charge in [-0.15, -0.1) is 0 Å². The first-order valence-corrected chi connectivity index (χ1v) is 4.91. The van der Waals surface area contributed by atoms with E-state index in [1.54, 1.807) is 18.2 Å². The van der Waals surface area contributed by atoms with E-state index < -0.39 is 5.91 Å². The van der Waals surface area contributed by atoms with Crippen LogP contribution in [0.5, 0.6) is 0 Å². The Morgan fingerprint density at radius 1 is 1.47 bits per heavy atom. The molecule has 4 nitrogen and oxygen atoms in total. The van der Waals surface area contributed by atoms with Crippen LogP contribution in [0.4, 0.5) is 5.69 Å². The molecule has 0 unspecified atom stereocenters. The van der Waals surface area contributed by atoms with E-state index in [0.717, 1.165) is 5.56 Å². The maximum atomic E-state index is 10.9. The Morgan fingerprint density at radius 3 is 2.80 bits per heavy atom. The Kier molecular flexibility index (Phi) is 4.12. The van der Waals surface area contributed by atoms with Gasteiger partial charge in [-0.3, -0.25) is 4.79 Å². The zero-order valence-corrected chi connectivity index (χ0v) is 8.82. The Balaban J connectivity index is 2.76. The minimum absolute atomic E-state index is 0.437. The average Bonchev–Trinajstić information content (AvgIpc) is 2.20. The Labute approximate surface area is 89.2 Å². The Hall–Kier alpha value is -1.55. The SMILES string of the molecule is CCOCCc1cc(C(N)=O)ccc1N. The van der Waals surface area contributed by atoms with Gasteiger partial charge in [0, 0.05) is 17.9 Å². The maximum absolute atomic E-state index is 10.9. The van der Waals surface area contributed by atoms with E-state index in [1.165, 1.54) is 0 Å². The third-order valence-corrected chi connectivity index (χ3v) is 2.15. The third-order valence-electron chi connectivity index (χ3n) is 2.15. The summed E-state index contributed by atoms with van der Waals surface area (Å²) in [6.45, 7) is 3.21. The fourth-order valence-electron chi connectivity index (χ4n) is 1.30. The summed E-state index contributed by atoms with van der Waals surface area (Å²) in [5.41, 5.74) is 13.0. The van der Waals surface area contributed by atoms with Crippen molar-refractivity contribution in [3.8, 4) is 0 Å². The monoisotopic (exact) mass is 208 g/mol. The summed E-state index contributed by atoms with van der Waals surface area (Å²) in [4.78, 5) is 10.9. The van der Waals surface area contributed by atoms with E-state index in [1.807, 2.05) is 6.92 Å². The molecule has 0 heterocycles. The lowest BCUT2D eigenvalue weighted by Crippen LogP contribution is -2.12. The molecule has 1 aromatic rings. The number of primary amides is 1. The molecule has 1 rings (SSSR count). The zero-order chi connectivity index (χ0) is 11.3. The van der Waals surface area contributed by atoms with Crippen molar-refractivity contribution in [2.24, 2.45) is 5.73 Å². The van der Waals surface area contributed by atoms with Crippen molar-refractivity contribution in [1.29, 1.82) is 0 Å². The number of hydrogen-bond donors (Lipinski definition) is 2. The highest BCUT2D eigenvalue weighted by atomic mass is 16.5. The number of hydrogen-bond acceptors (Lipinski definition) is 3. The van der Waals surface area contributed by atoms with Crippen LogP contribution in [0, 0.1) is 0 Å². The van der Waals surface area contributed by atoms with E-state index in [0.29, 0.717) is 30.9 Å². The molecule has 0 aliphatic carbocycles. The topological polar surface area (TPSA) is 78.3 Å². The van der Waals surface area contributed by atoms with Crippen molar-refractivity contribution in [2.75, 3.05) is 18.9 Å². The Bertz CT molecular complexity index is 350. The standard InChI is InChI=1S/C11H16N2O2/c1-2-15-6-5-8-7-9(11(13)14)3-4-10(8)12/h3-4,7H,2,5-6,12H2,1H3,(H2,13,14). The van der Waals surface area contributed by atoms with Crippen LogP contribution in [-0.2, 0) is 11.2 Å². The molecule has 1 aromatic carbocycles. The van der Waals surface area contributed by atoms with E-state index in [2.05, 4.69) is 0 Å². The quantitative estimate of drug-likeness (QED) is 0.558. The summed E-state index contributed by atoms with van der Waals surface area (Å²) in [5, 5.41) is 0. The van der Waals surface area contributed by atoms with Crippen molar-refractivity contribution < 1.29 is 9.53 Å². The molecule has 82 valence electrons. The van der Waals surface area contributed by atoms with Crippen molar-refractivity contribution >= 4 is 11.6 Å². The fraction of sp³-hybridized carbons (Fsp3) is 0.364. The van der Waals surface area contributed by atoms with Gasteiger partial charge in [0.1, 0.15) is 0 Å². The third kappa shape index (κ3) is 3.25. The second kappa shape index (κ2) is 5.36. The van der Waals surface area contributed by atoms with Crippen molar-refractivity contribution in [3.63, 3.8) is 0 Å². The van der Waals surface area contributed by atoms with E-state index in [4.69, 9.17) is 16.2 Å². The predicted octanol–water partition coefficient (Wildman–Crippen LogP) is 0.947. The molecule has 0 aliphatic rings. The summed E-state index contributed by atoms with van der Waals surface area (Å²) < 4.78 is 5.22. The summed E-state index contributed by atoms with van der Waals surface area (Å²) in [6.07, 6.45) is 0.695. The largest absolute Gasteiger partial charge is 0.399 e. The van der Waals surface area contributed by atoms with Crippen LogP contribution in [-0.4, -0.2) is 19.1 Å². The van der Waals surface area contributed by atoms with Crippen molar-refractivity contribution in [2.45, 2.75) is 13.3 Å². The smallest absolute Gasteiger partial charge is 0.248 e. The lowest BCUT2D eigenvalue weighted by atomic mass is 10.1. The second-order valence-electron chi connectivity index (χ2n) is 3.22. The number of carbonyl (C=O) groups is 1. The van der Waals surface area contributed by atoms with E-state index in [-0.39, 0.29) is 0 Å². The number of anilines is 1. The van der Waals surface area contributed by atoms with Gasteiger partial charge in [0.2, 0.25) is 5.91 Å². The summed E-state index contributed by atoms with van der Waals surface area (Å²) in [5.74, 6) is -0.437. The fourth-order valence-corrected chi connectivity index (χ4v) is 1.30. The maximum Gasteiger partial charge on any atom is 0.248 e. The lowest BCUT2D eigenvalue weighted by Gasteiger charge is -2.07. The molecule has 0 bridgehead atoms. The number of carbonyl (C=O) groups excluding carboxylic acids is 1. The highest BCUT2D eigenvalue weighted by Crippen LogP contribution is 2.14. The lowest BCUT2D eigenvalue weighted by molar-refractivity contribution is 0.1000. The van der Waals surface area contributed by atoms with Gasteiger partial charge < -0.3 is 16.2 Å². The molecular weight excluding hydrogens is 192 g/mol. The molecule has 4 N–H and O–H groups in total. The predicted molar refractivity (Wildman–Crippen MR) is 59.6 cm³/mol. The normalized spacial score (nSPS) is 10.2. The number of rotatable bonds is 5. The van der Waals surface area contributed by atoms with Crippen LogP contribution in [0.2, 0.25) is 0 Å². The van der Waals surface area contributed by atoms with E-state index in [9.17, 15) is 4.79 Å². The van der Waals surface area contributed by atoms with Gasteiger partial charge in [-0.05, 0) is 37.1 Å². The highest BCUT2D eigenvalue weighted by Gasteiger charge is 2.04. The Morgan fingerprint density at radius 2 is 2.20 bits per heavy atom. The molecule has 15 heavy (non-hydrogen) atoms. The zero-order valence-electron chi connectivity index (χ0n) is 8.82. The summed E-state index contributed by atoms with van der Waals surface area (Å²) >= 11 is 0. The molecule has 0 saturated heterocycles. The van der Waals surface area contributed by atoms with Gasteiger partial charge in [0.25, 0.3) is 0 Å². The van der Waals surface area contributed by atoms with Crippen LogP contribution in [0.1, 0.15) is 22.8 Å². The van der Waals surface area contributed by atoms with Crippen molar-refractivity contribution in [3.05, 3.63) is 29.3 Å². The van der Waals surface area contributed by atoms with Crippen LogP contribution in [0.25, 0.3) is 0 Å². The number of benzene rings is 1. The molecule has 0 spiro atoms. The second-order valence-corrected chi connectivity index (χ2v) is 3.22. The number of ether oxygens (including phenoxy) is 1. The number of amides is 1. The molecule has 4 heteroatoms.